The highest BCUT2D eigenvalue weighted by Gasteiger charge is 2.37. The van der Waals surface area contributed by atoms with Gasteiger partial charge in [0.25, 0.3) is 0 Å². The number of nitrogens with one attached hydrogen (secondary N) is 1. The number of alkyl halides is 3. The number of carbonyl (C=O) groups is 1. The molecule has 4 heterocycles. The van der Waals surface area contributed by atoms with Gasteiger partial charge >= 0.3 is 6.18 Å². The van der Waals surface area contributed by atoms with Gasteiger partial charge in [0.1, 0.15) is 16.9 Å². The molecule has 2 fully saturated rings. The number of hydrogen-bond acceptors (Lipinski definition) is 7. The summed E-state index contributed by atoms with van der Waals surface area (Å²) in [6.07, 6.45) is -0.599. The number of carbonyl (C=O) groups excluding carboxylic acids is 1. The number of anilines is 1. The fraction of sp³-hybridized carbons (Fsp3) is 0.333. The lowest BCUT2D eigenvalue weighted by atomic mass is 9.93. The van der Waals surface area contributed by atoms with E-state index in [-0.39, 0.29) is 46.5 Å². The summed E-state index contributed by atoms with van der Waals surface area (Å²) in [5.74, 6) is -0.117. The largest absolute Gasteiger partial charge is 0.436 e. The van der Waals surface area contributed by atoms with Crippen LogP contribution in [0.25, 0.3) is 33.3 Å². The summed E-state index contributed by atoms with van der Waals surface area (Å²) in [6.45, 7) is 0.606. The van der Waals surface area contributed by atoms with Gasteiger partial charge in [-0.05, 0) is 36.6 Å². The Bertz CT molecular complexity index is 1470. The van der Waals surface area contributed by atoms with E-state index in [1.54, 1.807) is 18.2 Å². The van der Waals surface area contributed by atoms with Crippen LogP contribution in [0, 0.1) is 5.92 Å². The zero-order valence-electron chi connectivity index (χ0n) is 18.2. The molecule has 11 heteroatoms. The Kier molecular flexibility index (Phi) is 4.84. The number of pyridine rings is 2. The average Bonchev–Trinajstić information content (AvgIpc) is 3.44. The van der Waals surface area contributed by atoms with Crippen LogP contribution in [0.1, 0.15) is 30.5 Å². The van der Waals surface area contributed by atoms with E-state index in [2.05, 4.69) is 20.3 Å². The molecule has 2 aliphatic rings. The lowest BCUT2D eigenvalue weighted by Gasteiger charge is -2.20. The quantitative estimate of drug-likeness (QED) is 0.441. The van der Waals surface area contributed by atoms with Gasteiger partial charge in [-0.1, -0.05) is 6.07 Å². The minimum Gasteiger partial charge on any atom is -0.436 e. The second-order valence-corrected chi connectivity index (χ2v) is 8.93. The van der Waals surface area contributed by atoms with Crippen LogP contribution in [-0.4, -0.2) is 39.2 Å². The van der Waals surface area contributed by atoms with Gasteiger partial charge in [0.2, 0.25) is 11.8 Å². The van der Waals surface area contributed by atoms with Gasteiger partial charge in [-0.3, -0.25) is 9.78 Å². The van der Waals surface area contributed by atoms with Crippen molar-refractivity contribution in [3.63, 3.8) is 0 Å². The van der Waals surface area contributed by atoms with Crippen LogP contribution >= 0.6 is 0 Å². The van der Waals surface area contributed by atoms with E-state index in [1.165, 1.54) is 6.07 Å². The van der Waals surface area contributed by atoms with Crippen LogP contribution in [0.2, 0.25) is 0 Å². The summed E-state index contributed by atoms with van der Waals surface area (Å²) in [4.78, 5) is 24.3. The van der Waals surface area contributed by atoms with E-state index in [0.717, 1.165) is 25.2 Å². The summed E-state index contributed by atoms with van der Waals surface area (Å²) >= 11 is 0. The smallest absolute Gasteiger partial charge is 0.434 e. The van der Waals surface area contributed by atoms with E-state index < -0.39 is 17.5 Å². The molecular formula is C24H19F3N4O4. The van der Waals surface area contributed by atoms with Crippen molar-refractivity contribution in [2.45, 2.75) is 31.0 Å². The third kappa shape index (κ3) is 3.90. The molecule has 1 saturated carbocycles. The van der Waals surface area contributed by atoms with E-state index in [9.17, 15) is 23.1 Å². The number of aliphatic hydroxyl groups is 1. The van der Waals surface area contributed by atoms with E-state index in [1.807, 2.05) is 0 Å². The molecular weight excluding hydrogens is 465 g/mol. The summed E-state index contributed by atoms with van der Waals surface area (Å²) in [7, 11) is 0. The topological polar surface area (TPSA) is 110 Å². The predicted molar refractivity (Wildman–Crippen MR) is 118 cm³/mol. The van der Waals surface area contributed by atoms with E-state index in [0.29, 0.717) is 29.7 Å². The predicted octanol–water partition coefficient (Wildman–Crippen LogP) is 4.41. The molecule has 0 radical (unpaired) electrons. The highest BCUT2D eigenvalue weighted by atomic mass is 19.4. The van der Waals surface area contributed by atoms with Crippen molar-refractivity contribution in [3.8, 4) is 11.5 Å². The molecule has 0 unspecified atom stereocenters. The fourth-order valence-corrected chi connectivity index (χ4v) is 4.29. The summed E-state index contributed by atoms with van der Waals surface area (Å²) in [5.41, 5.74) is -0.551. The van der Waals surface area contributed by atoms with Crippen LogP contribution in [0.3, 0.4) is 0 Å². The van der Waals surface area contributed by atoms with Crippen LogP contribution in [0.15, 0.2) is 41.1 Å². The van der Waals surface area contributed by atoms with E-state index in [4.69, 9.17) is 9.15 Å². The molecule has 0 spiro atoms. The Morgan fingerprint density at radius 1 is 1.14 bits per heavy atom. The Morgan fingerprint density at radius 3 is 2.69 bits per heavy atom. The molecule has 3 aromatic heterocycles. The molecule has 2 N–H and O–H groups in total. The first-order valence-electron chi connectivity index (χ1n) is 11.1. The maximum atomic E-state index is 13.6. The lowest BCUT2D eigenvalue weighted by molar-refractivity contribution is -0.139. The Labute approximate surface area is 196 Å². The molecule has 35 heavy (non-hydrogen) atoms. The highest BCUT2D eigenvalue weighted by Crippen LogP contribution is 2.39. The minimum absolute atomic E-state index is 0.0590. The molecule has 4 aromatic rings. The Balaban J connectivity index is 1.47. The van der Waals surface area contributed by atoms with Gasteiger partial charge < -0.3 is 19.6 Å². The van der Waals surface area contributed by atoms with Gasteiger partial charge in [-0.25, -0.2) is 9.97 Å². The van der Waals surface area contributed by atoms with E-state index >= 15 is 0 Å². The van der Waals surface area contributed by atoms with Crippen molar-refractivity contribution < 1.29 is 32.2 Å². The van der Waals surface area contributed by atoms with Crippen LogP contribution in [-0.2, 0) is 21.3 Å². The number of ether oxygens (including phenoxy) is 1. The number of benzene rings is 1. The molecule has 1 amide bonds. The molecule has 180 valence electrons. The SMILES string of the molecule is O=C(Nc1cc2c(-c3nc4cc([C@@]5(O)CCOC5)ccc4o3)cnc(C(F)(F)F)c2cn1)C1CC1. The maximum Gasteiger partial charge on any atom is 0.434 e. The summed E-state index contributed by atoms with van der Waals surface area (Å²) < 4.78 is 52.1. The first kappa shape index (κ1) is 21.9. The monoisotopic (exact) mass is 484 g/mol. The van der Waals surface area contributed by atoms with Gasteiger partial charge in [-0.2, -0.15) is 13.2 Å². The number of hydrogen-bond donors (Lipinski definition) is 2. The molecule has 1 atom stereocenters. The number of rotatable bonds is 4. The fourth-order valence-electron chi connectivity index (χ4n) is 4.29. The third-order valence-corrected chi connectivity index (χ3v) is 6.40. The molecule has 0 bridgehead atoms. The van der Waals surface area contributed by atoms with Crippen LogP contribution < -0.4 is 5.32 Å². The number of nitrogens with zero attached hydrogens (tertiary/aromatic N) is 3. The molecule has 8 nitrogen and oxygen atoms in total. The second-order valence-electron chi connectivity index (χ2n) is 8.93. The molecule has 1 aliphatic carbocycles. The van der Waals surface area contributed by atoms with Crippen molar-refractivity contribution in [2.75, 3.05) is 18.5 Å². The number of fused-ring (bicyclic) bond motifs is 2. The zero-order chi connectivity index (χ0) is 24.4. The average molecular weight is 484 g/mol. The van der Waals surface area contributed by atoms with Crippen molar-refractivity contribution in [2.24, 2.45) is 5.92 Å². The standard InChI is InChI=1S/C24H19F3N4O4/c25-24(26,27)20-15-9-28-19(31-21(32)12-1-2-12)8-14(15)16(10-29-20)22-30-17-7-13(3-4-18(17)35-22)23(33)5-6-34-11-23/h3-4,7-10,12,33H,1-2,5-6,11H2,(H,28,31,32)/t23-/m1/s1. The zero-order valence-corrected chi connectivity index (χ0v) is 18.2. The first-order chi connectivity index (χ1) is 16.7. The highest BCUT2D eigenvalue weighted by molar-refractivity contribution is 6.00. The normalized spacial score (nSPS) is 20.6. The first-order valence-corrected chi connectivity index (χ1v) is 11.1. The number of halogens is 3. The maximum absolute atomic E-state index is 13.6. The van der Waals surface area contributed by atoms with Crippen LogP contribution in [0.5, 0.6) is 0 Å². The van der Waals surface area contributed by atoms with Crippen molar-refractivity contribution in [1.29, 1.82) is 0 Å². The number of oxazole rings is 1. The van der Waals surface area contributed by atoms with Crippen molar-refractivity contribution in [3.05, 3.63) is 47.9 Å². The summed E-state index contributed by atoms with van der Waals surface area (Å²) in [6, 6.07) is 6.42. The third-order valence-electron chi connectivity index (χ3n) is 6.40. The van der Waals surface area contributed by atoms with Gasteiger partial charge in [0.05, 0.1) is 12.2 Å². The summed E-state index contributed by atoms with van der Waals surface area (Å²) in [5, 5.41) is 13.4. The molecule has 6 rings (SSSR count). The Morgan fingerprint density at radius 2 is 1.97 bits per heavy atom. The molecule has 1 aliphatic heterocycles. The van der Waals surface area contributed by atoms with Gasteiger partial charge in [0.15, 0.2) is 11.3 Å². The molecule has 1 saturated heterocycles. The van der Waals surface area contributed by atoms with Crippen LogP contribution in [0.4, 0.5) is 19.0 Å². The molecule has 1 aromatic carbocycles. The van der Waals surface area contributed by atoms with Gasteiger partial charge in [0, 0.05) is 42.1 Å². The lowest BCUT2D eigenvalue weighted by Crippen LogP contribution is -2.25. The van der Waals surface area contributed by atoms with Gasteiger partial charge in [-0.15, -0.1) is 0 Å². The van der Waals surface area contributed by atoms with Crippen molar-refractivity contribution >= 4 is 33.6 Å². The number of aromatic nitrogens is 3. The minimum atomic E-state index is -4.70. The van der Waals surface area contributed by atoms with Crippen molar-refractivity contribution in [1.82, 2.24) is 15.0 Å². The second kappa shape index (κ2) is 7.72. The number of amides is 1. The Hall–Kier alpha value is -3.57.